The van der Waals surface area contributed by atoms with E-state index in [9.17, 15) is 0 Å². The first-order chi connectivity index (χ1) is 28.2. The summed E-state index contributed by atoms with van der Waals surface area (Å²) in [6, 6.07) is 72.7. The first-order valence-electron chi connectivity index (χ1n) is 20.7. The minimum Gasteiger partial charge on any atom is -0.309 e. The van der Waals surface area contributed by atoms with Crippen LogP contribution in [0.4, 0.5) is 17.1 Å². The van der Waals surface area contributed by atoms with Gasteiger partial charge in [-0.2, -0.15) is 0 Å². The van der Waals surface area contributed by atoms with Crippen LogP contribution in [0.1, 0.15) is 66.8 Å². The molecule has 11 rings (SSSR count). The molecule has 0 N–H and O–H groups in total. The molecule has 0 heterocycles. The molecule has 8 aromatic carbocycles. The van der Waals surface area contributed by atoms with Crippen LogP contribution in [0.3, 0.4) is 0 Å². The van der Waals surface area contributed by atoms with E-state index in [0.29, 0.717) is 0 Å². The molecule has 3 aliphatic carbocycles. The van der Waals surface area contributed by atoms with Gasteiger partial charge in [0.25, 0.3) is 0 Å². The maximum atomic E-state index is 2.54. The summed E-state index contributed by atoms with van der Waals surface area (Å²) in [6.07, 6.45) is 6.32. The summed E-state index contributed by atoms with van der Waals surface area (Å²) >= 11 is 0. The first kappa shape index (κ1) is 33.9. The minimum absolute atomic E-state index is 0.0889. The van der Waals surface area contributed by atoms with Crippen LogP contribution in [0.25, 0.3) is 44.5 Å². The number of nitrogens with zero attached hydrogens (tertiary/aromatic N) is 1. The van der Waals surface area contributed by atoms with Crippen molar-refractivity contribution in [2.24, 2.45) is 0 Å². The third kappa shape index (κ3) is 5.08. The Morgan fingerprint density at radius 1 is 0.386 bits per heavy atom. The second kappa shape index (κ2) is 13.4. The molecular formula is C56H45N. The molecule has 0 saturated heterocycles. The summed E-state index contributed by atoms with van der Waals surface area (Å²) in [5.41, 5.74) is 20.7. The highest BCUT2D eigenvalue weighted by Crippen LogP contribution is 2.59. The average Bonchev–Trinajstić information content (AvgIpc) is 3.71. The molecule has 274 valence electrons. The Balaban J connectivity index is 1.18. The van der Waals surface area contributed by atoms with Crippen LogP contribution in [-0.4, -0.2) is 0 Å². The van der Waals surface area contributed by atoms with Crippen molar-refractivity contribution >= 4 is 17.1 Å². The van der Waals surface area contributed by atoms with Crippen molar-refractivity contribution in [1.82, 2.24) is 0 Å². The van der Waals surface area contributed by atoms with Gasteiger partial charge in [0.15, 0.2) is 0 Å². The van der Waals surface area contributed by atoms with Crippen molar-refractivity contribution in [1.29, 1.82) is 0 Å². The largest absolute Gasteiger partial charge is 0.309 e. The monoisotopic (exact) mass is 731 g/mol. The van der Waals surface area contributed by atoms with Gasteiger partial charge in [-0.3, -0.25) is 0 Å². The lowest BCUT2D eigenvalue weighted by Gasteiger charge is -2.36. The Morgan fingerprint density at radius 2 is 0.930 bits per heavy atom. The lowest BCUT2D eigenvalue weighted by Crippen LogP contribution is -2.27. The molecule has 0 amide bonds. The van der Waals surface area contributed by atoms with E-state index in [-0.39, 0.29) is 10.8 Å². The number of benzene rings is 8. The average molecular weight is 732 g/mol. The van der Waals surface area contributed by atoms with Crippen molar-refractivity contribution < 1.29 is 0 Å². The molecular weight excluding hydrogens is 687 g/mol. The molecule has 0 bridgehead atoms. The van der Waals surface area contributed by atoms with Crippen molar-refractivity contribution in [2.75, 3.05) is 4.90 Å². The van der Waals surface area contributed by atoms with Gasteiger partial charge < -0.3 is 4.90 Å². The molecule has 1 unspecified atom stereocenters. The topological polar surface area (TPSA) is 3.24 Å². The fraction of sp³-hybridized carbons (Fsp3) is 0.143. The Kier molecular flexibility index (Phi) is 7.93. The number of hydrogen-bond acceptors (Lipinski definition) is 1. The Hall–Kier alpha value is -6.44. The van der Waals surface area contributed by atoms with Crippen molar-refractivity contribution in [2.45, 2.75) is 49.9 Å². The minimum atomic E-state index is -0.314. The van der Waals surface area contributed by atoms with E-state index in [0.717, 1.165) is 11.4 Å². The number of anilines is 3. The van der Waals surface area contributed by atoms with Gasteiger partial charge in [0.1, 0.15) is 0 Å². The SMILES string of the molecule is CC1(c2ccccc2)c2ccccc2-c2ccc(N(c3ccccc3-c3ccccc3)c3ccccc3-c3cccc4c3-c3ccccc3C43CCCCC3)cc21. The van der Waals surface area contributed by atoms with Gasteiger partial charge in [-0.1, -0.05) is 189 Å². The van der Waals surface area contributed by atoms with Gasteiger partial charge in [-0.15, -0.1) is 0 Å². The zero-order chi connectivity index (χ0) is 38.0. The number of rotatable bonds is 6. The van der Waals surface area contributed by atoms with E-state index in [1.54, 1.807) is 0 Å². The molecule has 1 nitrogen and oxygen atoms in total. The zero-order valence-electron chi connectivity index (χ0n) is 32.5. The van der Waals surface area contributed by atoms with Gasteiger partial charge in [-0.25, -0.2) is 0 Å². The van der Waals surface area contributed by atoms with Crippen molar-refractivity contribution in [3.63, 3.8) is 0 Å². The van der Waals surface area contributed by atoms with Crippen LogP contribution in [-0.2, 0) is 10.8 Å². The lowest BCUT2D eigenvalue weighted by molar-refractivity contribution is 0.353. The van der Waals surface area contributed by atoms with Gasteiger partial charge in [0.05, 0.1) is 11.4 Å². The third-order valence-electron chi connectivity index (χ3n) is 13.6. The molecule has 57 heavy (non-hydrogen) atoms. The van der Waals surface area contributed by atoms with Crippen molar-refractivity contribution in [3.05, 3.63) is 222 Å². The molecule has 0 radical (unpaired) electrons. The van der Waals surface area contributed by atoms with Crippen LogP contribution in [0.5, 0.6) is 0 Å². The highest BCUT2D eigenvalue weighted by Gasteiger charge is 2.45. The fourth-order valence-corrected chi connectivity index (χ4v) is 11.0. The normalized spacial score (nSPS) is 17.1. The predicted molar refractivity (Wildman–Crippen MR) is 239 cm³/mol. The Bertz CT molecular complexity index is 2790. The molecule has 1 spiro atoms. The smallest absolute Gasteiger partial charge is 0.0540 e. The van der Waals surface area contributed by atoms with Gasteiger partial charge in [0, 0.05) is 27.6 Å². The van der Waals surface area contributed by atoms with Crippen LogP contribution in [0.2, 0.25) is 0 Å². The molecule has 3 aliphatic rings. The zero-order valence-corrected chi connectivity index (χ0v) is 32.5. The standard InChI is InChI=1S/C56H45N/c1-55(40-22-7-3-8-23-40)48-29-13-9-25-43(48)44-35-34-41(38-51(44)55)57(52-32-15-11-24-42(52)39-20-5-2-6-21-39)53-33-16-12-26-45(53)46-28-19-31-50-54(46)47-27-10-14-30-49(47)56(50)36-17-4-18-37-56/h2-3,5-16,19-35,38H,4,17-18,36-37H2,1H3. The summed E-state index contributed by atoms with van der Waals surface area (Å²) in [6.45, 7) is 2.42. The molecule has 1 saturated carbocycles. The maximum Gasteiger partial charge on any atom is 0.0540 e. The van der Waals surface area contributed by atoms with Crippen molar-refractivity contribution in [3.8, 4) is 44.5 Å². The Morgan fingerprint density at radius 3 is 1.68 bits per heavy atom. The second-order valence-electron chi connectivity index (χ2n) is 16.4. The number of hydrogen-bond donors (Lipinski definition) is 0. The van der Waals surface area contributed by atoms with E-state index < -0.39 is 0 Å². The number of para-hydroxylation sites is 2. The van der Waals surface area contributed by atoms with Gasteiger partial charge in [0.2, 0.25) is 0 Å². The highest BCUT2D eigenvalue weighted by molar-refractivity contribution is 6.00. The quantitative estimate of drug-likeness (QED) is 0.165. The lowest BCUT2D eigenvalue weighted by atomic mass is 9.68. The van der Waals surface area contributed by atoms with E-state index >= 15 is 0 Å². The van der Waals surface area contributed by atoms with Crippen LogP contribution >= 0.6 is 0 Å². The number of fused-ring (bicyclic) bond motifs is 8. The van der Waals surface area contributed by atoms with Crippen LogP contribution < -0.4 is 4.90 Å². The molecule has 8 aromatic rings. The van der Waals surface area contributed by atoms with Gasteiger partial charge >= 0.3 is 0 Å². The predicted octanol–water partition coefficient (Wildman–Crippen LogP) is 15.1. The second-order valence-corrected chi connectivity index (χ2v) is 16.4. The van der Waals surface area contributed by atoms with E-state index in [4.69, 9.17) is 0 Å². The molecule has 1 heteroatoms. The summed E-state index contributed by atoms with van der Waals surface area (Å²) in [5, 5.41) is 0. The molecule has 1 fully saturated rings. The van der Waals surface area contributed by atoms with E-state index in [1.807, 2.05) is 0 Å². The van der Waals surface area contributed by atoms with Gasteiger partial charge in [-0.05, 0) is 105 Å². The maximum absolute atomic E-state index is 2.54. The summed E-state index contributed by atoms with van der Waals surface area (Å²) < 4.78 is 0. The van der Waals surface area contributed by atoms with Crippen LogP contribution in [0.15, 0.2) is 194 Å². The van der Waals surface area contributed by atoms with E-state index in [2.05, 4.69) is 206 Å². The summed E-state index contributed by atoms with van der Waals surface area (Å²) in [7, 11) is 0. The first-order valence-corrected chi connectivity index (χ1v) is 20.7. The molecule has 1 atom stereocenters. The fourth-order valence-electron chi connectivity index (χ4n) is 11.0. The highest BCUT2D eigenvalue weighted by atomic mass is 15.1. The third-order valence-corrected chi connectivity index (χ3v) is 13.6. The Labute approximate surface area is 336 Å². The molecule has 0 aliphatic heterocycles. The summed E-state index contributed by atoms with van der Waals surface area (Å²) in [4.78, 5) is 2.54. The van der Waals surface area contributed by atoms with Crippen LogP contribution in [0, 0.1) is 0 Å². The molecule has 0 aromatic heterocycles. The van der Waals surface area contributed by atoms with E-state index in [1.165, 1.54) is 110 Å². The summed E-state index contributed by atoms with van der Waals surface area (Å²) in [5.74, 6) is 0.